The Kier molecular flexibility index (Phi) is 8.42. The summed E-state index contributed by atoms with van der Waals surface area (Å²) in [5, 5.41) is 28.8. The smallest absolute Gasteiger partial charge is 0.187 e. The lowest BCUT2D eigenvalue weighted by Gasteiger charge is -2.26. The van der Waals surface area contributed by atoms with Crippen LogP contribution < -0.4 is 18.9 Å². The molecule has 0 aliphatic heterocycles. The standard InChI is InChI=1S/C37H32N8O4/c1-23-7-5-8-30(33(23)35-38-42-43-39-35)47-27-15-11-24(12-16-27)37(2,3)25-13-17-28(18-14-25)48-31-9-6-10-32(34(31)36-40-44-45-41-36)49-29-21-19-26(46-4)20-22-29/h5-22H,1-4H3,(H,38,39,42,43)(H,40,41,44,45). The van der Waals surface area contributed by atoms with Gasteiger partial charge < -0.3 is 18.9 Å². The highest BCUT2D eigenvalue weighted by Crippen LogP contribution is 2.42. The highest BCUT2D eigenvalue weighted by Gasteiger charge is 2.24. The van der Waals surface area contributed by atoms with Crippen molar-refractivity contribution in [3.63, 3.8) is 0 Å². The molecule has 49 heavy (non-hydrogen) atoms. The minimum Gasteiger partial charge on any atom is -0.497 e. The summed E-state index contributed by atoms with van der Waals surface area (Å²) in [6.45, 7) is 6.36. The molecule has 0 spiro atoms. The third-order valence-electron chi connectivity index (χ3n) is 8.28. The third kappa shape index (κ3) is 6.52. The van der Waals surface area contributed by atoms with E-state index in [9.17, 15) is 0 Å². The number of aryl methyl sites for hydroxylation is 1. The first kappa shape index (κ1) is 31.1. The summed E-state index contributed by atoms with van der Waals surface area (Å²) < 4.78 is 24.2. The number of aromatic nitrogens is 8. The topological polar surface area (TPSA) is 146 Å². The maximum absolute atomic E-state index is 6.39. The van der Waals surface area contributed by atoms with Crippen LogP contribution in [0, 0.1) is 6.92 Å². The number of methoxy groups -OCH3 is 1. The van der Waals surface area contributed by atoms with E-state index in [1.807, 2.05) is 91.9 Å². The van der Waals surface area contributed by atoms with E-state index in [0.29, 0.717) is 51.7 Å². The van der Waals surface area contributed by atoms with E-state index in [1.165, 1.54) is 0 Å². The first-order chi connectivity index (χ1) is 23.9. The number of rotatable bonds is 11. The van der Waals surface area contributed by atoms with Crippen molar-refractivity contribution in [2.24, 2.45) is 0 Å². The van der Waals surface area contributed by atoms with Gasteiger partial charge in [0.25, 0.3) is 0 Å². The van der Waals surface area contributed by atoms with E-state index in [1.54, 1.807) is 7.11 Å². The van der Waals surface area contributed by atoms with Crippen LogP contribution in [0.5, 0.6) is 40.2 Å². The number of ether oxygens (including phenoxy) is 4. The van der Waals surface area contributed by atoms with E-state index >= 15 is 0 Å². The molecule has 0 amide bonds. The largest absolute Gasteiger partial charge is 0.497 e. The molecular weight excluding hydrogens is 620 g/mol. The molecule has 0 bridgehead atoms. The van der Waals surface area contributed by atoms with Crippen LogP contribution in [0.1, 0.15) is 30.5 Å². The Bertz CT molecular complexity index is 2150. The quantitative estimate of drug-likeness (QED) is 0.141. The minimum atomic E-state index is -0.306. The van der Waals surface area contributed by atoms with Crippen LogP contribution in [0.3, 0.4) is 0 Å². The fourth-order valence-electron chi connectivity index (χ4n) is 5.54. The normalized spacial score (nSPS) is 11.3. The molecule has 0 saturated carbocycles. The molecular formula is C37H32N8O4. The van der Waals surface area contributed by atoms with Gasteiger partial charge in [0.2, 0.25) is 0 Å². The molecule has 5 aromatic carbocycles. The number of H-pyrrole nitrogens is 2. The van der Waals surface area contributed by atoms with Crippen molar-refractivity contribution in [2.75, 3.05) is 7.11 Å². The molecule has 12 nitrogen and oxygen atoms in total. The van der Waals surface area contributed by atoms with E-state index in [-0.39, 0.29) is 5.41 Å². The van der Waals surface area contributed by atoms with Crippen molar-refractivity contribution in [3.8, 4) is 63.0 Å². The summed E-state index contributed by atoms with van der Waals surface area (Å²) in [7, 11) is 1.62. The Morgan fingerprint density at radius 3 is 1.37 bits per heavy atom. The molecule has 0 unspecified atom stereocenters. The number of tetrazole rings is 2. The van der Waals surface area contributed by atoms with Crippen LogP contribution in [0.15, 0.2) is 109 Å². The van der Waals surface area contributed by atoms with Crippen molar-refractivity contribution in [3.05, 3.63) is 126 Å². The zero-order chi connectivity index (χ0) is 33.8. The second kappa shape index (κ2) is 13.3. The highest BCUT2D eigenvalue weighted by molar-refractivity contribution is 5.72. The number of nitrogens with zero attached hydrogens (tertiary/aromatic N) is 6. The predicted molar refractivity (Wildman–Crippen MR) is 182 cm³/mol. The van der Waals surface area contributed by atoms with Crippen molar-refractivity contribution < 1.29 is 18.9 Å². The van der Waals surface area contributed by atoms with Gasteiger partial charge in [0.15, 0.2) is 11.6 Å². The summed E-state index contributed by atoms with van der Waals surface area (Å²) in [6.07, 6.45) is 0. The summed E-state index contributed by atoms with van der Waals surface area (Å²) in [4.78, 5) is 0. The molecule has 12 heteroatoms. The Hall–Kier alpha value is -6.56. The highest BCUT2D eigenvalue weighted by atomic mass is 16.5. The Morgan fingerprint density at radius 1 is 0.510 bits per heavy atom. The van der Waals surface area contributed by atoms with Gasteiger partial charge in [0, 0.05) is 5.41 Å². The summed E-state index contributed by atoms with van der Waals surface area (Å²) in [6, 6.07) is 34.8. The molecule has 7 rings (SSSR count). The second-order valence-corrected chi connectivity index (χ2v) is 11.7. The predicted octanol–water partition coefficient (Wildman–Crippen LogP) is 8.07. The summed E-state index contributed by atoms with van der Waals surface area (Å²) >= 11 is 0. The van der Waals surface area contributed by atoms with Crippen molar-refractivity contribution >= 4 is 0 Å². The molecule has 2 N–H and O–H groups in total. The number of nitrogens with one attached hydrogen (secondary N) is 2. The molecule has 7 aromatic rings. The molecule has 0 atom stereocenters. The number of aromatic amines is 2. The molecule has 0 aliphatic carbocycles. The Labute approximate surface area is 282 Å². The first-order valence-electron chi connectivity index (χ1n) is 15.5. The maximum atomic E-state index is 6.39. The zero-order valence-electron chi connectivity index (χ0n) is 27.2. The average molecular weight is 653 g/mol. The molecule has 2 heterocycles. The van der Waals surface area contributed by atoms with Crippen LogP contribution in [0.25, 0.3) is 22.8 Å². The van der Waals surface area contributed by atoms with Gasteiger partial charge >= 0.3 is 0 Å². The van der Waals surface area contributed by atoms with Crippen molar-refractivity contribution in [1.82, 2.24) is 41.2 Å². The van der Waals surface area contributed by atoms with Crippen LogP contribution in [-0.2, 0) is 5.41 Å². The van der Waals surface area contributed by atoms with Gasteiger partial charge in [-0.05, 0) is 111 Å². The van der Waals surface area contributed by atoms with Gasteiger partial charge in [-0.25, -0.2) is 10.2 Å². The van der Waals surface area contributed by atoms with Crippen LogP contribution in [-0.4, -0.2) is 48.4 Å². The lowest BCUT2D eigenvalue weighted by Crippen LogP contribution is -2.18. The SMILES string of the molecule is COc1ccc(Oc2cccc(Oc3ccc(C(C)(C)c4ccc(Oc5cccc(C)c5-c5nnn[nH]5)cc4)cc3)c2-c2nnn[nH]2)cc1. The van der Waals surface area contributed by atoms with Crippen molar-refractivity contribution in [1.29, 1.82) is 0 Å². The molecule has 0 radical (unpaired) electrons. The molecule has 0 saturated heterocycles. The first-order valence-corrected chi connectivity index (χ1v) is 15.5. The van der Waals surface area contributed by atoms with Gasteiger partial charge in [0.1, 0.15) is 45.8 Å². The molecule has 0 aliphatic rings. The Balaban J connectivity index is 1.09. The average Bonchev–Trinajstić information content (AvgIpc) is 3.85. The van der Waals surface area contributed by atoms with E-state index in [0.717, 1.165) is 28.0 Å². The van der Waals surface area contributed by atoms with Gasteiger partial charge in [-0.3, -0.25) is 0 Å². The van der Waals surface area contributed by atoms with Crippen LogP contribution in [0.2, 0.25) is 0 Å². The fraction of sp³-hybridized carbons (Fsp3) is 0.135. The molecule has 0 fully saturated rings. The van der Waals surface area contributed by atoms with E-state index in [4.69, 9.17) is 18.9 Å². The zero-order valence-corrected chi connectivity index (χ0v) is 27.2. The van der Waals surface area contributed by atoms with Gasteiger partial charge in [0.05, 0.1) is 12.7 Å². The number of hydrogen-bond donors (Lipinski definition) is 2. The van der Waals surface area contributed by atoms with Gasteiger partial charge in [-0.1, -0.05) is 56.3 Å². The van der Waals surface area contributed by atoms with Crippen molar-refractivity contribution in [2.45, 2.75) is 26.2 Å². The fourth-order valence-corrected chi connectivity index (χ4v) is 5.54. The van der Waals surface area contributed by atoms with Gasteiger partial charge in [-0.15, -0.1) is 10.2 Å². The number of hydrogen-bond acceptors (Lipinski definition) is 10. The summed E-state index contributed by atoms with van der Waals surface area (Å²) in [5.41, 5.74) is 4.34. The van der Waals surface area contributed by atoms with E-state index in [2.05, 4.69) is 79.4 Å². The molecule has 2 aromatic heterocycles. The third-order valence-corrected chi connectivity index (χ3v) is 8.28. The molecule has 244 valence electrons. The Morgan fingerprint density at radius 2 is 0.918 bits per heavy atom. The monoisotopic (exact) mass is 652 g/mol. The van der Waals surface area contributed by atoms with Crippen LogP contribution >= 0.6 is 0 Å². The van der Waals surface area contributed by atoms with Crippen LogP contribution in [0.4, 0.5) is 0 Å². The maximum Gasteiger partial charge on any atom is 0.187 e. The lowest BCUT2D eigenvalue weighted by molar-refractivity contribution is 0.412. The van der Waals surface area contributed by atoms with E-state index < -0.39 is 0 Å². The summed E-state index contributed by atoms with van der Waals surface area (Å²) in [5.74, 6) is 5.41. The number of benzene rings is 5. The lowest BCUT2D eigenvalue weighted by atomic mass is 9.78. The second-order valence-electron chi connectivity index (χ2n) is 11.7. The van der Waals surface area contributed by atoms with Gasteiger partial charge in [-0.2, -0.15) is 0 Å². The minimum absolute atomic E-state index is 0.306.